The first kappa shape index (κ1) is 15.9. The highest BCUT2D eigenvalue weighted by atomic mass is 32.2. The molecule has 5 heteroatoms. The van der Waals surface area contributed by atoms with E-state index < -0.39 is 9.84 Å². The van der Waals surface area contributed by atoms with E-state index >= 15 is 0 Å². The van der Waals surface area contributed by atoms with Crippen molar-refractivity contribution in [1.82, 2.24) is 0 Å². The minimum atomic E-state index is -2.85. The van der Waals surface area contributed by atoms with E-state index in [4.69, 9.17) is 10.5 Å². The van der Waals surface area contributed by atoms with Gasteiger partial charge in [0.15, 0.2) is 0 Å². The molecule has 0 fully saturated rings. The van der Waals surface area contributed by atoms with Gasteiger partial charge in [0.25, 0.3) is 0 Å². The maximum atomic E-state index is 11.2. The molecule has 0 saturated heterocycles. The van der Waals surface area contributed by atoms with Crippen LogP contribution in [0.15, 0.2) is 0 Å². The third-order valence-corrected chi connectivity index (χ3v) is 3.99. The van der Waals surface area contributed by atoms with Crippen molar-refractivity contribution in [3.05, 3.63) is 0 Å². The molecule has 0 aromatic heterocycles. The molecule has 1 unspecified atom stereocenters. The molecule has 0 heterocycles. The Balaban J connectivity index is 3.71. The molecule has 98 valence electrons. The van der Waals surface area contributed by atoms with Crippen LogP contribution in [-0.4, -0.2) is 38.2 Å². The van der Waals surface area contributed by atoms with E-state index in [9.17, 15) is 8.42 Å². The summed E-state index contributed by atoms with van der Waals surface area (Å²) in [4.78, 5) is 0. The van der Waals surface area contributed by atoms with Crippen LogP contribution in [0.4, 0.5) is 0 Å². The SMILES string of the molecule is CCS(=O)(=O)CCCC(N)COC(C)(C)C. The summed E-state index contributed by atoms with van der Waals surface area (Å²) < 4.78 is 28.0. The predicted molar refractivity (Wildman–Crippen MR) is 67.2 cm³/mol. The molecule has 0 spiro atoms. The van der Waals surface area contributed by atoms with Crippen molar-refractivity contribution in [2.75, 3.05) is 18.1 Å². The largest absolute Gasteiger partial charge is 0.374 e. The molecule has 0 rings (SSSR count). The second-order valence-corrected chi connectivity index (χ2v) is 7.53. The summed E-state index contributed by atoms with van der Waals surface area (Å²) >= 11 is 0. The van der Waals surface area contributed by atoms with Gasteiger partial charge in [0.1, 0.15) is 9.84 Å². The van der Waals surface area contributed by atoms with Gasteiger partial charge < -0.3 is 10.5 Å². The lowest BCUT2D eigenvalue weighted by molar-refractivity contribution is -0.0108. The zero-order valence-corrected chi connectivity index (χ0v) is 11.6. The van der Waals surface area contributed by atoms with E-state index in [-0.39, 0.29) is 23.1 Å². The third-order valence-electron chi connectivity index (χ3n) is 2.20. The molecule has 0 aromatic rings. The molecule has 0 aromatic carbocycles. The van der Waals surface area contributed by atoms with Crippen molar-refractivity contribution in [3.8, 4) is 0 Å². The summed E-state index contributed by atoms with van der Waals surface area (Å²) in [5.74, 6) is 0.438. The Labute approximate surface area is 99.5 Å². The highest BCUT2D eigenvalue weighted by Gasteiger charge is 2.14. The van der Waals surface area contributed by atoms with Crippen molar-refractivity contribution in [1.29, 1.82) is 0 Å². The fraction of sp³-hybridized carbons (Fsp3) is 1.00. The second-order valence-electron chi connectivity index (χ2n) is 5.06. The van der Waals surface area contributed by atoms with Gasteiger partial charge in [-0.15, -0.1) is 0 Å². The molecule has 2 N–H and O–H groups in total. The van der Waals surface area contributed by atoms with Crippen molar-refractivity contribution in [2.45, 2.75) is 52.2 Å². The molecule has 4 nitrogen and oxygen atoms in total. The molecular formula is C11H25NO3S. The molecule has 0 amide bonds. The van der Waals surface area contributed by atoms with Crippen LogP contribution >= 0.6 is 0 Å². The molecule has 0 aliphatic rings. The number of ether oxygens (including phenoxy) is 1. The van der Waals surface area contributed by atoms with Crippen LogP contribution in [-0.2, 0) is 14.6 Å². The zero-order valence-electron chi connectivity index (χ0n) is 10.8. The normalized spacial score (nSPS) is 15.1. The van der Waals surface area contributed by atoms with Crippen LogP contribution in [0.5, 0.6) is 0 Å². The first-order valence-corrected chi connectivity index (χ1v) is 7.58. The van der Waals surface area contributed by atoms with Gasteiger partial charge in [-0.05, 0) is 33.6 Å². The van der Waals surface area contributed by atoms with Crippen LogP contribution in [0.25, 0.3) is 0 Å². The van der Waals surface area contributed by atoms with Crippen LogP contribution in [0.1, 0.15) is 40.5 Å². The first-order chi connectivity index (χ1) is 7.16. The average molecular weight is 251 g/mol. The minimum absolute atomic E-state index is 0.0775. The highest BCUT2D eigenvalue weighted by Crippen LogP contribution is 2.08. The summed E-state index contributed by atoms with van der Waals surface area (Å²) in [5.41, 5.74) is 5.64. The minimum Gasteiger partial charge on any atom is -0.374 e. The van der Waals surface area contributed by atoms with Gasteiger partial charge >= 0.3 is 0 Å². The maximum Gasteiger partial charge on any atom is 0.150 e. The van der Waals surface area contributed by atoms with Gasteiger partial charge in [0, 0.05) is 11.8 Å². The lowest BCUT2D eigenvalue weighted by Gasteiger charge is -2.22. The van der Waals surface area contributed by atoms with Gasteiger partial charge in [-0.1, -0.05) is 6.92 Å². The van der Waals surface area contributed by atoms with Crippen molar-refractivity contribution < 1.29 is 13.2 Å². The Bertz CT molecular complexity index is 280. The summed E-state index contributed by atoms with van der Waals surface area (Å²) in [6.45, 7) is 8.07. The van der Waals surface area contributed by atoms with Crippen molar-refractivity contribution >= 4 is 9.84 Å². The second kappa shape index (κ2) is 6.57. The third kappa shape index (κ3) is 9.12. The Morgan fingerprint density at radius 2 is 1.88 bits per heavy atom. The van der Waals surface area contributed by atoms with Gasteiger partial charge in [-0.3, -0.25) is 0 Å². The van der Waals surface area contributed by atoms with Gasteiger partial charge in [0.2, 0.25) is 0 Å². The fourth-order valence-corrected chi connectivity index (χ4v) is 2.05. The Morgan fingerprint density at radius 3 is 2.31 bits per heavy atom. The van der Waals surface area contributed by atoms with Crippen LogP contribution in [0.3, 0.4) is 0 Å². The Morgan fingerprint density at radius 1 is 1.31 bits per heavy atom. The fourth-order valence-electron chi connectivity index (χ4n) is 1.15. The maximum absolute atomic E-state index is 11.2. The van der Waals surface area contributed by atoms with E-state index in [0.29, 0.717) is 19.4 Å². The number of nitrogens with two attached hydrogens (primary N) is 1. The monoisotopic (exact) mass is 251 g/mol. The zero-order chi connectivity index (χ0) is 12.8. The molecule has 0 aliphatic heterocycles. The van der Waals surface area contributed by atoms with E-state index in [1.807, 2.05) is 20.8 Å². The van der Waals surface area contributed by atoms with E-state index in [1.54, 1.807) is 6.92 Å². The molecule has 1 atom stereocenters. The van der Waals surface area contributed by atoms with Crippen LogP contribution in [0, 0.1) is 0 Å². The number of rotatable bonds is 7. The molecular weight excluding hydrogens is 226 g/mol. The van der Waals surface area contributed by atoms with Crippen LogP contribution in [0.2, 0.25) is 0 Å². The van der Waals surface area contributed by atoms with Gasteiger partial charge in [0.05, 0.1) is 18.0 Å². The summed E-state index contributed by atoms with van der Waals surface area (Å²) in [6.07, 6.45) is 1.31. The van der Waals surface area contributed by atoms with E-state index in [2.05, 4.69) is 0 Å². The topological polar surface area (TPSA) is 69.4 Å². The van der Waals surface area contributed by atoms with Crippen LogP contribution < -0.4 is 5.73 Å². The smallest absolute Gasteiger partial charge is 0.150 e. The van der Waals surface area contributed by atoms with Crippen molar-refractivity contribution in [2.24, 2.45) is 5.73 Å². The summed E-state index contributed by atoms with van der Waals surface area (Å²) in [7, 11) is -2.85. The molecule has 0 radical (unpaired) electrons. The molecule has 16 heavy (non-hydrogen) atoms. The Hall–Kier alpha value is -0.130. The standard InChI is InChI=1S/C11H25NO3S/c1-5-16(13,14)8-6-7-10(12)9-15-11(2,3)4/h10H,5-9,12H2,1-4H3. The lowest BCUT2D eigenvalue weighted by Crippen LogP contribution is -2.32. The lowest BCUT2D eigenvalue weighted by atomic mass is 10.1. The quantitative estimate of drug-likeness (QED) is 0.741. The molecule has 0 saturated carbocycles. The van der Waals surface area contributed by atoms with Crippen molar-refractivity contribution in [3.63, 3.8) is 0 Å². The number of hydrogen-bond acceptors (Lipinski definition) is 4. The van der Waals surface area contributed by atoms with E-state index in [1.165, 1.54) is 0 Å². The summed E-state index contributed by atoms with van der Waals surface area (Å²) in [5, 5.41) is 0. The van der Waals surface area contributed by atoms with Gasteiger partial charge in [-0.2, -0.15) is 0 Å². The average Bonchev–Trinajstić information content (AvgIpc) is 2.13. The summed E-state index contributed by atoms with van der Waals surface area (Å²) in [6, 6.07) is -0.0775. The number of hydrogen-bond donors (Lipinski definition) is 1. The highest BCUT2D eigenvalue weighted by molar-refractivity contribution is 7.91. The van der Waals surface area contributed by atoms with E-state index in [0.717, 1.165) is 0 Å². The Kier molecular flexibility index (Phi) is 6.51. The molecule has 0 bridgehead atoms. The van der Waals surface area contributed by atoms with Gasteiger partial charge in [-0.25, -0.2) is 8.42 Å². The first-order valence-electron chi connectivity index (χ1n) is 5.76. The predicted octanol–water partition coefficient (Wildman–Crippen LogP) is 1.34. The molecule has 0 aliphatic carbocycles. The number of sulfone groups is 1.